The second-order valence-electron chi connectivity index (χ2n) is 5.14. The summed E-state index contributed by atoms with van der Waals surface area (Å²) in [6.45, 7) is 0. The highest BCUT2D eigenvalue weighted by molar-refractivity contribution is 5.88. The van der Waals surface area contributed by atoms with Crippen LogP contribution < -0.4 is 5.32 Å². The minimum atomic E-state index is -1.35. The zero-order valence-corrected chi connectivity index (χ0v) is 11.1. The summed E-state index contributed by atoms with van der Waals surface area (Å²) in [5.74, 6) is -3.13. The Hall–Kier alpha value is -2.43. The van der Waals surface area contributed by atoms with Crippen LogP contribution in [0.15, 0.2) is 36.4 Å². The van der Waals surface area contributed by atoms with Gasteiger partial charge in [-0.05, 0) is 36.1 Å². The van der Waals surface area contributed by atoms with Gasteiger partial charge >= 0.3 is 5.97 Å². The van der Waals surface area contributed by atoms with Gasteiger partial charge in [-0.1, -0.05) is 24.3 Å². The molecule has 2 N–H and O–H groups in total. The standard InChI is InChI=1S/C16H13F2NO2/c17-13-7-11(16(20)21)8-14(18)15(13)19-12-5-9-3-1-2-4-10(9)6-12/h1-4,7-8,12,19H,5-6H2,(H,20,21). The molecule has 0 heterocycles. The first-order valence-corrected chi connectivity index (χ1v) is 6.60. The molecule has 5 heteroatoms. The van der Waals surface area contributed by atoms with Crippen molar-refractivity contribution in [3.63, 3.8) is 0 Å². The molecule has 0 saturated heterocycles. The van der Waals surface area contributed by atoms with Gasteiger partial charge in [-0.3, -0.25) is 0 Å². The van der Waals surface area contributed by atoms with Gasteiger partial charge in [0.05, 0.1) is 5.56 Å². The predicted molar refractivity (Wildman–Crippen MR) is 74.6 cm³/mol. The molecule has 0 amide bonds. The van der Waals surface area contributed by atoms with E-state index in [2.05, 4.69) is 5.32 Å². The summed E-state index contributed by atoms with van der Waals surface area (Å²) in [5.41, 5.74) is 1.67. The van der Waals surface area contributed by atoms with Gasteiger partial charge in [0.1, 0.15) is 17.3 Å². The van der Waals surface area contributed by atoms with Gasteiger partial charge in [0.25, 0.3) is 0 Å². The van der Waals surface area contributed by atoms with Gasteiger partial charge in [0.2, 0.25) is 0 Å². The fourth-order valence-corrected chi connectivity index (χ4v) is 2.70. The van der Waals surface area contributed by atoms with Crippen LogP contribution in [-0.4, -0.2) is 17.1 Å². The first kappa shape index (κ1) is 13.5. The number of rotatable bonds is 3. The van der Waals surface area contributed by atoms with Crippen LogP contribution >= 0.6 is 0 Å². The van der Waals surface area contributed by atoms with Gasteiger partial charge < -0.3 is 10.4 Å². The Morgan fingerprint density at radius 3 is 2.10 bits per heavy atom. The molecule has 2 aromatic rings. The van der Waals surface area contributed by atoms with E-state index < -0.39 is 23.2 Å². The zero-order chi connectivity index (χ0) is 15.0. The normalized spacial score (nSPS) is 14.0. The molecule has 0 unspecified atom stereocenters. The monoisotopic (exact) mass is 289 g/mol. The highest BCUT2D eigenvalue weighted by atomic mass is 19.1. The molecule has 0 atom stereocenters. The highest BCUT2D eigenvalue weighted by Crippen LogP contribution is 2.27. The number of hydrogen-bond acceptors (Lipinski definition) is 2. The zero-order valence-electron chi connectivity index (χ0n) is 11.1. The fourth-order valence-electron chi connectivity index (χ4n) is 2.70. The van der Waals surface area contributed by atoms with Gasteiger partial charge in [0.15, 0.2) is 0 Å². The van der Waals surface area contributed by atoms with E-state index in [0.29, 0.717) is 12.8 Å². The van der Waals surface area contributed by atoms with E-state index in [1.165, 1.54) is 0 Å². The van der Waals surface area contributed by atoms with Gasteiger partial charge in [0, 0.05) is 6.04 Å². The van der Waals surface area contributed by atoms with E-state index in [4.69, 9.17) is 5.11 Å². The maximum Gasteiger partial charge on any atom is 0.335 e. The molecule has 0 spiro atoms. The topological polar surface area (TPSA) is 49.3 Å². The van der Waals surface area contributed by atoms with E-state index in [9.17, 15) is 13.6 Å². The molecule has 3 nitrogen and oxygen atoms in total. The van der Waals surface area contributed by atoms with E-state index in [1.54, 1.807) is 0 Å². The SMILES string of the molecule is O=C(O)c1cc(F)c(NC2Cc3ccccc3C2)c(F)c1. The van der Waals surface area contributed by atoms with E-state index >= 15 is 0 Å². The van der Waals surface area contributed by atoms with Crippen molar-refractivity contribution in [3.05, 3.63) is 64.7 Å². The molecule has 1 aliphatic carbocycles. The minimum Gasteiger partial charge on any atom is -0.478 e. The number of halogens is 2. The number of benzene rings is 2. The Morgan fingerprint density at radius 1 is 1.10 bits per heavy atom. The van der Waals surface area contributed by atoms with Crippen molar-refractivity contribution < 1.29 is 18.7 Å². The maximum atomic E-state index is 13.9. The lowest BCUT2D eigenvalue weighted by molar-refractivity contribution is 0.0696. The summed E-state index contributed by atoms with van der Waals surface area (Å²) in [7, 11) is 0. The number of hydrogen-bond donors (Lipinski definition) is 2. The van der Waals surface area contributed by atoms with Crippen molar-refractivity contribution in [2.24, 2.45) is 0 Å². The lowest BCUT2D eigenvalue weighted by atomic mass is 10.1. The van der Waals surface area contributed by atoms with Crippen molar-refractivity contribution in [2.45, 2.75) is 18.9 Å². The smallest absolute Gasteiger partial charge is 0.335 e. The Morgan fingerprint density at radius 2 is 1.62 bits per heavy atom. The summed E-state index contributed by atoms with van der Waals surface area (Å²) in [6, 6.07) is 9.43. The van der Waals surface area contributed by atoms with Crippen LogP contribution in [0.4, 0.5) is 14.5 Å². The molecule has 108 valence electrons. The third kappa shape index (κ3) is 2.59. The maximum absolute atomic E-state index is 13.9. The Kier molecular flexibility index (Phi) is 3.33. The summed E-state index contributed by atoms with van der Waals surface area (Å²) >= 11 is 0. The largest absolute Gasteiger partial charge is 0.478 e. The highest BCUT2D eigenvalue weighted by Gasteiger charge is 2.23. The van der Waals surface area contributed by atoms with Gasteiger partial charge in [-0.25, -0.2) is 13.6 Å². The molecule has 0 bridgehead atoms. The first-order chi connectivity index (χ1) is 10.0. The average Bonchev–Trinajstić information content (AvgIpc) is 2.85. The van der Waals surface area contributed by atoms with Crippen LogP contribution in [-0.2, 0) is 12.8 Å². The van der Waals surface area contributed by atoms with Crippen LogP contribution in [0.1, 0.15) is 21.5 Å². The molecule has 21 heavy (non-hydrogen) atoms. The number of carbonyl (C=O) groups is 1. The number of carboxylic acids is 1. The number of nitrogens with one attached hydrogen (secondary N) is 1. The Balaban J connectivity index is 1.82. The minimum absolute atomic E-state index is 0.0953. The number of fused-ring (bicyclic) bond motifs is 1. The second-order valence-corrected chi connectivity index (χ2v) is 5.14. The van der Waals surface area contributed by atoms with E-state index in [-0.39, 0.29) is 11.7 Å². The van der Waals surface area contributed by atoms with Crippen molar-refractivity contribution in [3.8, 4) is 0 Å². The molecule has 1 aliphatic rings. The van der Waals surface area contributed by atoms with Crippen LogP contribution in [0.5, 0.6) is 0 Å². The van der Waals surface area contributed by atoms with Crippen LogP contribution in [0, 0.1) is 11.6 Å². The number of carboxylic acid groups (broad SMARTS) is 1. The molecule has 0 radical (unpaired) electrons. The third-order valence-electron chi connectivity index (χ3n) is 3.69. The Labute approximate surface area is 120 Å². The number of aromatic carboxylic acids is 1. The number of anilines is 1. The van der Waals surface area contributed by atoms with Gasteiger partial charge in [-0.15, -0.1) is 0 Å². The van der Waals surface area contributed by atoms with Crippen LogP contribution in [0.25, 0.3) is 0 Å². The van der Waals surface area contributed by atoms with Crippen molar-refractivity contribution in [1.82, 2.24) is 0 Å². The summed E-state index contributed by atoms with van der Waals surface area (Å²) in [6.07, 6.45) is 1.38. The van der Waals surface area contributed by atoms with Gasteiger partial charge in [-0.2, -0.15) is 0 Å². The predicted octanol–water partition coefficient (Wildman–Crippen LogP) is 3.24. The van der Waals surface area contributed by atoms with Crippen molar-refractivity contribution in [1.29, 1.82) is 0 Å². The van der Waals surface area contributed by atoms with Crippen LogP contribution in [0.2, 0.25) is 0 Å². The lowest BCUT2D eigenvalue weighted by Gasteiger charge is -2.15. The molecule has 0 aliphatic heterocycles. The van der Waals surface area contributed by atoms with Crippen molar-refractivity contribution >= 4 is 11.7 Å². The van der Waals surface area contributed by atoms with Crippen molar-refractivity contribution in [2.75, 3.05) is 5.32 Å². The summed E-state index contributed by atoms with van der Waals surface area (Å²) in [4.78, 5) is 10.8. The average molecular weight is 289 g/mol. The molecule has 3 rings (SSSR count). The quantitative estimate of drug-likeness (QED) is 0.912. The summed E-state index contributed by atoms with van der Waals surface area (Å²) < 4.78 is 27.8. The molecule has 0 saturated carbocycles. The summed E-state index contributed by atoms with van der Waals surface area (Å²) in [5, 5.41) is 11.6. The third-order valence-corrected chi connectivity index (χ3v) is 3.69. The molecular weight excluding hydrogens is 276 g/mol. The molecule has 0 aromatic heterocycles. The van der Waals surface area contributed by atoms with E-state index in [1.807, 2.05) is 24.3 Å². The molecular formula is C16H13F2NO2. The van der Waals surface area contributed by atoms with Crippen LogP contribution in [0.3, 0.4) is 0 Å². The lowest BCUT2D eigenvalue weighted by Crippen LogP contribution is -2.21. The van der Waals surface area contributed by atoms with E-state index in [0.717, 1.165) is 23.3 Å². The molecule has 0 fully saturated rings. The molecule has 2 aromatic carbocycles. The second kappa shape index (κ2) is 5.16. The fraction of sp³-hybridized carbons (Fsp3) is 0.188. The Bertz CT molecular complexity index is 667. The first-order valence-electron chi connectivity index (χ1n) is 6.60.